The topological polar surface area (TPSA) is 93.7 Å². The van der Waals surface area contributed by atoms with E-state index in [9.17, 15) is 13.2 Å². The molecule has 0 heterocycles. The molecule has 3 aromatic carbocycles. The van der Waals surface area contributed by atoms with E-state index in [0.717, 1.165) is 5.75 Å². The number of amides is 1. The summed E-state index contributed by atoms with van der Waals surface area (Å²) in [4.78, 5) is 12.9. The van der Waals surface area contributed by atoms with Gasteiger partial charge in [0, 0.05) is 11.6 Å². The highest BCUT2D eigenvalue weighted by molar-refractivity contribution is 7.89. The molecular formula is C24H26N2O5S. The molecule has 0 aliphatic rings. The van der Waals surface area contributed by atoms with Gasteiger partial charge in [-0.05, 0) is 75.4 Å². The molecule has 2 N–H and O–H groups in total. The monoisotopic (exact) mass is 454 g/mol. The van der Waals surface area contributed by atoms with Crippen LogP contribution in [-0.2, 0) is 10.0 Å². The molecule has 0 atom stereocenters. The summed E-state index contributed by atoms with van der Waals surface area (Å²) in [5.74, 6) is 1.33. The molecule has 0 bridgehead atoms. The second-order valence-electron chi connectivity index (χ2n) is 7.26. The van der Waals surface area contributed by atoms with E-state index in [-0.39, 0.29) is 16.5 Å². The molecule has 3 aromatic rings. The molecule has 7 nitrogen and oxygen atoms in total. The zero-order chi connectivity index (χ0) is 23.1. The van der Waals surface area contributed by atoms with Gasteiger partial charge in [0.15, 0.2) is 5.75 Å². The Kier molecular flexibility index (Phi) is 7.50. The number of hydrogen-bond donors (Lipinski definition) is 2. The molecular weight excluding hydrogens is 428 g/mol. The maximum atomic E-state index is 12.8. The van der Waals surface area contributed by atoms with Gasteiger partial charge in [-0.2, -0.15) is 0 Å². The van der Waals surface area contributed by atoms with Gasteiger partial charge in [0.1, 0.15) is 11.5 Å². The van der Waals surface area contributed by atoms with Crippen molar-refractivity contribution in [3.8, 4) is 17.2 Å². The van der Waals surface area contributed by atoms with E-state index in [4.69, 9.17) is 9.47 Å². The Labute approximate surface area is 188 Å². The standard InChI is InChI=1S/C24H26N2O5S/c1-4-30-19-12-14-20(15-13-19)31-23-11-6-5-10-22(23)25-24(27)18-8-7-9-21(16-18)32(28,29)26-17(2)3/h5-17,26H,4H2,1-3H3,(H,25,27). The van der Waals surface area contributed by atoms with Crippen LogP contribution in [0.5, 0.6) is 17.2 Å². The van der Waals surface area contributed by atoms with Crippen LogP contribution in [0.1, 0.15) is 31.1 Å². The maximum Gasteiger partial charge on any atom is 0.255 e. The largest absolute Gasteiger partial charge is 0.494 e. The summed E-state index contributed by atoms with van der Waals surface area (Å²) in [7, 11) is -3.71. The second kappa shape index (κ2) is 10.3. The van der Waals surface area contributed by atoms with E-state index in [1.807, 2.05) is 6.92 Å². The fourth-order valence-corrected chi connectivity index (χ4v) is 4.23. The third-order valence-electron chi connectivity index (χ3n) is 4.30. The Bertz CT molecular complexity index is 1180. The number of anilines is 1. The summed E-state index contributed by atoms with van der Waals surface area (Å²) < 4.78 is 38.7. The smallest absolute Gasteiger partial charge is 0.255 e. The molecule has 0 unspecified atom stereocenters. The summed E-state index contributed by atoms with van der Waals surface area (Å²) in [5.41, 5.74) is 0.674. The number of sulfonamides is 1. The van der Waals surface area contributed by atoms with Crippen molar-refractivity contribution in [2.75, 3.05) is 11.9 Å². The summed E-state index contributed by atoms with van der Waals surface area (Å²) >= 11 is 0. The van der Waals surface area contributed by atoms with Crippen molar-refractivity contribution in [1.82, 2.24) is 4.72 Å². The highest BCUT2D eigenvalue weighted by Crippen LogP contribution is 2.30. The quantitative estimate of drug-likeness (QED) is 0.484. The molecule has 0 radical (unpaired) electrons. The predicted octanol–water partition coefficient (Wildman–Crippen LogP) is 4.82. The number of carbonyl (C=O) groups excluding carboxylic acids is 1. The first-order valence-corrected chi connectivity index (χ1v) is 11.7. The number of para-hydroxylation sites is 2. The summed E-state index contributed by atoms with van der Waals surface area (Å²) in [6.45, 7) is 5.95. The summed E-state index contributed by atoms with van der Waals surface area (Å²) in [6, 6.07) is 19.8. The van der Waals surface area contributed by atoms with Crippen LogP contribution in [-0.4, -0.2) is 27.0 Å². The van der Waals surface area contributed by atoms with Crippen LogP contribution in [0.2, 0.25) is 0 Å². The first-order chi connectivity index (χ1) is 15.3. The number of carbonyl (C=O) groups is 1. The van der Waals surface area contributed by atoms with Crippen molar-refractivity contribution in [1.29, 1.82) is 0 Å². The Morgan fingerprint density at radius 2 is 1.62 bits per heavy atom. The van der Waals surface area contributed by atoms with E-state index < -0.39 is 15.9 Å². The Morgan fingerprint density at radius 3 is 2.31 bits per heavy atom. The predicted molar refractivity (Wildman–Crippen MR) is 124 cm³/mol. The van der Waals surface area contributed by atoms with Crippen molar-refractivity contribution in [3.63, 3.8) is 0 Å². The van der Waals surface area contributed by atoms with Crippen LogP contribution in [0.25, 0.3) is 0 Å². The fraction of sp³-hybridized carbons (Fsp3) is 0.208. The van der Waals surface area contributed by atoms with Gasteiger partial charge in [-0.15, -0.1) is 0 Å². The first-order valence-electron chi connectivity index (χ1n) is 10.2. The Hall–Kier alpha value is -3.36. The zero-order valence-corrected chi connectivity index (χ0v) is 19.0. The van der Waals surface area contributed by atoms with Crippen molar-refractivity contribution in [3.05, 3.63) is 78.4 Å². The van der Waals surface area contributed by atoms with Crippen LogP contribution >= 0.6 is 0 Å². The van der Waals surface area contributed by atoms with Crippen molar-refractivity contribution in [2.45, 2.75) is 31.7 Å². The lowest BCUT2D eigenvalue weighted by molar-refractivity contribution is 0.102. The number of hydrogen-bond acceptors (Lipinski definition) is 5. The number of benzene rings is 3. The van der Waals surface area contributed by atoms with E-state index in [0.29, 0.717) is 23.8 Å². The van der Waals surface area contributed by atoms with Gasteiger partial charge in [0.05, 0.1) is 17.2 Å². The van der Waals surface area contributed by atoms with Crippen molar-refractivity contribution in [2.24, 2.45) is 0 Å². The van der Waals surface area contributed by atoms with Gasteiger partial charge in [-0.3, -0.25) is 4.79 Å². The van der Waals surface area contributed by atoms with Crippen LogP contribution in [0.3, 0.4) is 0 Å². The van der Waals surface area contributed by atoms with E-state index in [1.165, 1.54) is 18.2 Å². The third-order valence-corrected chi connectivity index (χ3v) is 5.95. The van der Waals surface area contributed by atoms with Crippen molar-refractivity contribution >= 4 is 21.6 Å². The first kappa shape index (κ1) is 23.3. The van der Waals surface area contributed by atoms with Crippen LogP contribution in [0, 0.1) is 0 Å². The normalized spacial score (nSPS) is 11.2. The fourth-order valence-electron chi connectivity index (χ4n) is 2.93. The zero-order valence-electron chi connectivity index (χ0n) is 18.2. The minimum absolute atomic E-state index is 0.0257. The summed E-state index contributed by atoms with van der Waals surface area (Å²) in [6.07, 6.45) is 0. The van der Waals surface area contributed by atoms with Gasteiger partial charge in [0.2, 0.25) is 10.0 Å². The SMILES string of the molecule is CCOc1ccc(Oc2ccccc2NC(=O)c2cccc(S(=O)(=O)NC(C)C)c2)cc1. The molecule has 0 saturated carbocycles. The minimum Gasteiger partial charge on any atom is -0.494 e. The minimum atomic E-state index is -3.71. The second-order valence-corrected chi connectivity index (χ2v) is 8.97. The van der Waals surface area contributed by atoms with Gasteiger partial charge in [-0.1, -0.05) is 18.2 Å². The lowest BCUT2D eigenvalue weighted by Gasteiger charge is -2.13. The molecule has 0 aromatic heterocycles. The summed E-state index contributed by atoms with van der Waals surface area (Å²) in [5, 5.41) is 2.79. The highest BCUT2D eigenvalue weighted by atomic mass is 32.2. The van der Waals surface area contributed by atoms with E-state index >= 15 is 0 Å². The Balaban J connectivity index is 1.78. The number of ether oxygens (including phenoxy) is 2. The van der Waals surface area contributed by atoms with Crippen LogP contribution < -0.4 is 19.5 Å². The van der Waals surface area contributed by atoms with Gasteiger partial charge < -0.3 is 14.8 Å². The van der Waals surface area contributed by atoms with E-state index in [2.05, 4.69) is 10.0 Å². The maximum absolute atomic E-state index is 12.8. The molecule has 0 spiro atoms. The van der Waals surface area contributed by atoms with Gasteiger partial charge >= 0.3 is 0 Å². The molecule has 0 aliphatic carbocycles. The Morgan fingerprint density at radius 1 is 0.938 bits per heavy atom. The molecule has 32 heavy (non-hydrogen) atoms. The van der Waals surface area contributed by atoms with Gasteiger partial charge in [-0.25, -0.2) is 13.1 Å². The molecule has 0 saturated heterocycles. The van der Waals surface area contributed by atoms with Gasteiger partial charge in [0.25, 0.3) is 5.91 Å². The van der Waals surface area contributed by atoms with Crippen LogP contribution in [0.15, 0.2) is 77.7 Å². The molecule has 0 fully saturated rings. The lowest BCUT2D eigenvalue weighted by atomic mass is 10.2. The third kappa shape index (κ3) is 6.09. The molecule has 1 amide bonds. The molecule has 8 heteroatoms. The molecule has 0 aliphatic heterocycles. The average molecular weight is 455 g/mol. The lowest BCUT2D eigenvalue weighted by Crippen LogP contribution is -2.30. The highest BCUT2D eigenvalue weighted by Gasteiger charge is 2.18. The molecule has 3 rings (SSSR count). The van der Waals surface area contributed by atoms with Crippen LogP contribution in [0.4, 0.5) is 5.69 Å². The number of nitrogens with one attached hydrogen (secondary N) is 2. The average Bonchev–Trinajstić information content (AvgIpc) is 2.76. The van der Waals surface area contributed by atoms with E-state index in [1.54, 1.807) is 68.4 Å². The van der Waals surface area contributed by atoms with Crippen molar-refractivity contribution < 1.29 is 22.7 Å². The number of rotatable bonds is 9. The molecule has 168 valence electrons.